The van der Waals surface area contributed by atoms with E-state index in [2.05, 4.69) is 0 Å². The number of hydrogen-bond donors (Lipinski definition) is 1. The highest BCUT2D eigenvalue weighted by molar-refractivity contribution is 6.31. The van der Waals surface area contributed by atoms with Crippen molar-refractivity contribution in [2.24, 2.45) is 0 Å². The van der Waals surface area contributed by atoms with Gasteiger partial charge in [-0.05, 0) is 54.4 Å². The fourth-order valence-electron chi connectivity index (χ4n) is 4.94. The number of hydrogen-bond acceptors (Lipinski definition) is 8. The number of carbonyl (C=O) groups excluding carboxylic acids is 2. The van der Waals surface area contributed by atoms with Gasteiger partial charge in [0.15, 0.2) is 34.4 Å². The number of rotatable bonds is 8. The largest absolute Gasteiger partial charge is 0.503 e. The molecule has 40 heavy (non-hydrogen) atoms. The number of halogens is 1. The Morgan fingerprint density at radius 2 is 1.60 bits per heavy atom. The summed E-state index contributed by atoms with van der Waals surface area (Å²) < 4.78 is 27.8. The van der Waals surface area contributed by atoms with E-state index in [0.29, 0.717) is 50.2 Å². The van der Waals surface area contributed by atoms with Crippen molar-refractivity contribution < 1.29 is 38.1 Å². The van der Waals surface area contributed by atoms with Crippen molar-refractivity contribution >= 4 is 39.9 Å². The number of aliphatic hydroxyl groups excluding tert-OH is 1. The fourth-order valence-corrected chi connectivity index (χ4v) is 5.15. The van der Waals surface area contributed by atoms with E-state index in [1.807, 2.05) is 13.0 Å². The normalized spacial score (nSPS) is 15.1. The molecule has 5 rings (SSSR count). The van der Waals surface area contributed by atoms with Crippen LogP contribution in [0.3, 0.4) is 0 Å². The molecule has 0 radical (unpaired) electrons. The molecule has 1 unspecified atom stereocenters. The summed E-state index contributed by atoms with van der Waals surface area (Å²) in [6.45, 7) is 1.88. The Morgan fingerprint density at radius 3 is 2.20 bits per heavy atom. The third kappa shape index (κ3) is 4.38. The van der Waals surface area contributed by atoms with Crippen molar-refractivity contribution in [2.45, 2.75) is 13.0 Å². The lowest BCUT2D eigenvalue weighted by Crippen LogP contribution is -2.31. The first kappa shape index (κ1) is 27.0. The van der Waals surface area contributed by atoms with Crippen LogP contribution in [0.1, 0.15) is 27.7 Å². The van der Waals surface area contributed by atoms with Gasteiger partial charge in [0.2, 0.25) is 11.5 Å². The third-order valence-electron chi connectivity index (χ3n) is 6.73. The maximum atomic E-state index is 14.1. The average Bonchev–Trinajstić information content (AvgIpc) is 3.49. The van der Waals surface area contributed by atoms with Crippen LogP contribution in [0.15, 0.2) is 70.3 Å². The minimum Gasteiger partial charge on any atom is -0.503 e. The van der Waals surface area contributed by atoms with Crippen LogP contribution in [0.25, 0.3) is 11.0 Å². The number of ketones is 1. The molecule has 1 aliphatic rings. The molecule has 0 spiro atoms. The van der Waals surface area contributed by atoms with E-state index in [4.69, 9.17) is 35.0 Å². The number of aliphatic hydroxyl groups is 1. The van der Waals surface area contributed by atoms with Gasteiger partial charge in [0.05, 0.1) is 40.1 Å². The summed E-state index contributed by atoms with van der Waals surface area (Å²) in [5.74, 6) is -0.931. The summed E-state index contributed by atoms with van der Waals surface area (Å²) in [5.41, 5.74) is 1.93. The Labute approximate surface area is 235 Å². The van der Waals surface area contributed by atoms with Crippen LogP contribution in [0.2, 0.25) is 5.02 Å². The second-order valence-corrected chi connectivity index (χ2v) is 9.54. The van der Waals surface area contributed by atoms with Crippen LogP contribution in [0, 0.1) is 6.92 Å². The van der Waals surface area contributed by atoms with Gasteiger partial charge in [-0.25, -0.2) is 0 Å². The minimum absolute atomic E-state index is 0.103. The maximum Gasteiger partial charge on any atom is 0.294 e. The summed E-state index contributed by atoms with van der Waals surface area (Å²) in [7, 11) is 5.86. The molecule has 1 N–H and O–H groups in total. The number of ether oxygens (including phenoxy) is 4. The number of Topliss-reactive ketones (excluding diaryl/α,β-unsaturated/α-hetero) is 1. The summed E-state index contributed by atoms with van der Waals surface area (Å²) >= 11 is 6.20. The van der Waals surface area contributed by atoms with Crippen molar-refractivity contribution in [3.63, 3.8) is 0 Å². The van der Waals surface area contributed by atoms with E-state index in [9.17, 15) is 14.7 Å². The fraction of sp³-hybridized carbons (Fsp3) is 0.200. The third-order valence-corrected chi connectivity index (χ3v) is 6.94. The molecule has 9 nitrogen and oxygen atoms in total. The van der Waals surface area contributed by atoms with Gasteiger partial charge in [-0.1, -0.05) is 23.7 Å². The molecule has 206 valence electrons. The molecular weight excluding hydrogens is 538 g/mol. The van der Waals surface area contributed by atoms with E-state index in [1.165, 1.54) is 39.4 Å². The Hall–Kier alpha value is -4.63. The van der Waals surface area contributed by atoms with Gasteiger partial charge >= 0.3 is 0 Å². The zero-order valence-corrected chi connectivity index (χ0v) is 23.2. The quantitative estimate of drug-likeness (QED) is 0.252. The SMILES string of the molecule is COc1cc(C2C(C(=O)c3cc4cc(Cl)cc(OC)c4o3)=C(O)C(=O)N2c2cccc(C)c2)cc(OC)c1OC. The number of methoxy groups -OCH3 is 4. The monoisotopic (exact) mass is 563 g/mol. The molecule has 10 heteroatoms. The summed E-state index contributed by atoms with van der Waals surface area (Å²) in [6, 6.07) is 14.1. The van der Waals surface area contributed by atoms with E-state index in [1.54, 1.807) is 42.5 Å². The maximum absolute atomic E-state index is 14.1. The molecule has 1 atom stereocenters. The lowest BCUT2D eigenvalue weighted by Gasteiger charge is -2.28. The Balaban J connectivity index is 1.73. The number of nitrogens with zero attached hydrogens (tertiary/aromatic N) is 1. The molecule has 0 aliphatic carbocycles. The van der Waals surface area contributed by atoms with Crippen molar-refractivity contribution in [3.8, 4) is 23.0 Å². The van der Waals surface area contributed by atoms with E-state index in [-0.39, 0.29) is 11.3 Å². The molecule has 1 aromatic heterocycles. The van der Waals surface area contributed by atoms with Crippen LogP contribution in [-0.4, -0.2) is 45.2 Å². The van der Waals surface area contributed by atoms with Crippen LogP contribution < -0.4 is 23.8 Å². The Bertz CT molecular complexity index is 1660. The molecule has 0 saturated heterocycles. The van der Waals surface area contributed by atoms with Crippen LogP contribution in [-0.2, 0) is 4.79 Å². The van der Waals surface area contributed by atoms with Crippen LogP contribution in [0.4, 0.5) is 5.69 Å². The molecule has 1 aliphatic heterocycles. The molecule has 0 bridgehead atoms. The summed E-state index contributed by atoms with van der Waals surface area (Å²) in [6.07, 6.45) is 0. The first-order valence-corrected chi connectivity index (χ1v) is 12.5. The average molecular weight is 564 g/mol. The minimum atomic E-state index is -1.06. The number of carbonyl (C=O) groups is 2. The highest BCUT2D eigenvalue weighted by Crippen LogP contribution is 2.47. The van der Waals surface area contributed by atoms with Gasteiger partial charge in [-0.2, -0.15) is 0 Å². The lowest BCUT2D eigenvalue weighted by atomic mass is 9.94. The topological polar surface area (TPSA) is 108 Å². The van der Waals surface area contributed by atoms with Crippen LogP contribution >= 0.6 is 11.6 Å². The zero-order valence-electron chi connectivity index (χ0n) is 22.4. The highest BCUT2D eigenvalue weighted by atomic mass is 35.5. The van der Waals surface area contributed by atoms with E-state index < -0.39 is 23.5 Å². The first-order chi connectivity index (χ1) is 19.2. The van der Waals surface area contributed by atoms with Crippen molar-refractivity contribution in [1.29, 1.82) is 0 Å². The second kappa shape index (κ2) is 10.5. The number of fused-ring (bicyclic) bond motifs is 1. The van der Waals surface area contributed by atoms with Gasteiger partial charge in [0.1, 0.15) is 0 Å². The molecule has 2 heterocycles. The molecule has 0 saturated carbocycles. The number of aryl methyl sites for hydroxylation is 1. The van der Waals surface area contributed by atoms with Gasteiger partial charge in [-0.3, -0.25) is 14.5 Å². The molecular formula is C30H26ClNO8. The van der Waals surface area contributed by atoms with Crippen molar-refractivity contribution in [1.82, 2.24) is 0 Å². The van der Waals surface area contributed by atoms with Gasteiger partial charge in [0, 0.05) is 22.2 Å². The molecule has 1 amide bonds. The lowest BCUT2D eigenvalue weighted by molar-refractivity contribution is -0.117. The zero-order chi connectivity index (χ0) is 28.7. The Morgan fingerprint density at radius 1 is 0.925 bits per heavy atom. The van der Waals surface area contributed by atoms with Gasteiger partial charge in [-0.15, -0.1) is 0 Å². The predicted octanol–water partition coefficient (Wildman–Crippen LogP) is 6.21. The van der Waals surface area contributed by atoms with Crippen molar-refractivity contribution in [3.05, 3.63) is 87.8 Å². The Kier molecular flexibility index (Phi) is 7.08. The smallest absolute Gasteiger partial charge is 0.294 e. The number of anilines is 1. The summed E-state index contributed by atoms with van der Waals surface area (Å²) in [4.78, 5) is 29.0. The first-order valence-electron chi connectivity index (χ1n) is 12.2. The molecule has 4 aromatic rings. The molecule has 0 fully saturated rings. The number of amides is 1. The van der Waals surface area contributed by atoms with E-state index in [0.717, 1.165) is 5.56 Å². The van der Waals surface area contributed by atoms with Crippen molar-refractivity contribution in [2.75, 3.05) is 33.3 Å². The second-order valence-electron chi connectivity index (χ2n) is 9.10. The standard InChI is InChI=1S/C30H26ClNO8/c1-15-7-6-8-19(9-15)32-25(16-11-21(36-2)29(39-5)22(12-16)37-3)24(27(34)30(32)35)26(33)20-13-17-10-18(31)14-23(38-4)28(17)40-20/h6-14,25,34H,1-5H3. The predicted molar refractivity (Wildman–Crippen MR) is 149 cm³/mol. The van der Waals surface area contributed by atoms with E-state index >= 15 is 0 Å². The number of benzene rings is 3. The highest BCUT2D eigenvalue weighted by Gasteiger charge is 2.46. The molecule has 3 aromatic carbocycles. The number of furan rings is 1. The van der Waals surface area contributed by atoms with Gasteiger partial charge in [0.25, 0.3) is 5.91 Å². The summed E-state index contributed by atoms with van der Waals surface area (Å²) in [5, 5.41) is 12.1. The van der Waals surface area contributed by atoms with Crippen LogP contribution in [0.5, 0.6) is 23.0 Å². The van der Waals surface area contributed by atoms with Gasteiger partial charge < -0.3 is 28.5 Å².